The van der Waals surface area contributed by atoms with Crippen molar-refractivity contribution in [2.75, 3.05) is 0 Å². The Labute approximate surface area is 120 Å². The van der Waals surface area contributed by atoms with Gasteiger partial charge in [0.05, 0.1) is 11.8 Å². The smallest absolute Gasteiger partial charge is 0.120 e. The van der Waals surface area contributed by atoms with Crippen LogP contribution in [0.5, 0.6) is 5.75 Å². The molecule has 0 bridgehead atoms. The molecule has 0 fully saturated rings. The van der Waals surface area contributed by atoms with Crippen LogP contribution in [0.4, 0.5) is 0 Å². The fourth-order valence-electron chi connectivity index (χ4n) is 2.25. The maximum absolute atomic E-state index is 9.87. The molecule has 0 saturated heterocycles. The van der Waals surface area contributed by atoms with Crippen LogP contribution in [-0.2, 0) is 0 Å². The van der Waals surface area contributed by atoms with Gasteiger partial charge in [-0.3, -0.25) is 0 Å². The summed E-state index contributed by atoms with van der Waals surface area (Å²) in [4.78, 5) is 0. The van der Waals surface area contributed by atoms with E-state index in [9.17, 15) is 5.11 Å². The minimum Gasteiger partial charge on any atom is -0.508 e. The summed E-state index contributed by atoms with van der Waals surface area (Å²) in [6.07, 6.45) is 0.772. The first kappa shape index (κ1) is 12.2. The van der Waals surface area contributed by atoms with Gasteiger partial charge in [0.1, 0.15) is 5.75 Å². The number of aromatic hydroxyl groups is 1. The van der Waals surface area contributed by atoms with Crippen LogP contribution in [-0.4, -0.2) is 10.8 Å². The third-order valence-corrected chi connectivity index (χ3v) is 3.72. The van der Waals surface area contributed by atoms with E-state index in [1.807, 2.05) is 42.5 Å². The fourth-order valence-corrected chi connectivity index (χ4v) is 2.65. The second kappa shape index (κ2) is 5.05. The summed E-state index contributed by atoms with van der Waals surface area (Å²) in [6, 6.07) is 15.5. The van der Waals surface area contributed by atoms with E-state index in [1.165, 1.54) is 0 Å². The summed E-state index contributed by atoms with van der Waals surface area (Å²) in [5.41, 5.74) is 6.09. The molecular weight excluding hydrogens is 304 g/mol. The topological polar surface area (TPSA) is 44.6 Å². The minimum atomic E-state index is 0.0372. The van der Waals surface area contributed by atoms with Crippen molar-refractivity contribution in [3.63, 3.8) is 0 Å². The van der Waals surface area contributed by atoms with E-state index in [4.69, 9.17) is 0 Å². The van der Waals surface area contributed by atoms with Crippen molar-refractivity contribution in [1.29, 1.82) is 0 Å². The molecular formula is C15H13BrN2O. The Morgan fingerprint density at radius 2 is 2.00 bits per heavy atom. The zero-order valence-electron chi connectivity index (χ0n) is 10.2. The van der Waals surface area contributed by atoms with Gasteiger partial charge in [-0.15, -0.1) is 0 Å². The van der Waals surface area contributed by atoms with Crippen molar-refractivity contribution >= 4 is 21.6 Å². The Morgan fingerprint density at radius 3 is 2.79 bits per heavy atom. The lowest BCUT2D eigenvalue weighted by Crippen LogP contribution is -2.10. The van der Waals surface area contributed by atoms with E-state index in [2.05, 4.69) is 26.5 Å². The maximum Gasteiger partial charge on any atom is 0.120 e. The van der Waals surface area contributed by atoms with Crippen molar-refractivity contribution < 1.29 is 5.11 Å². The van der Waals surface area contributed by atoms with Gasteiger partial charge in [-0.2, -0.15) is 5.10 Å². The predicted molar refractivity (Wildman–Crippen MR) is 79.3 cm³/mol. The molecule has 3 rings (SSSR count). The molecule has 19 heavy (non-hydrogen) atoms. The standard InChI is InChI=1S/C15H13BrN2O/c16-11-5-3-4-10(8-11)13-9-14(18-17-13)12-6-1-2-7-15(12)19/h1-8,14,18-19H,9H2. The number of phenolic OH excluding ortho intramolecular Hbond substituents is 1. The molecule has 0 amide bonds. The Kier molecular flexibility index (Phi) is 3.25. The lowest BCUT2D eigenvalue weighted by Gasteiger charge is -2.11. The number of hydrogen-bond acceptors (Lipinski definition) is 3. The summed E-state index contributed by atoms with van der Waals surface area (Å²) in [5.74, 6) is 0.311. The van der Waals surface area contributed by atoms with Crippen LogP contribution in [0.3, 0.4) is 0 Å². The number of rotatable bonds is 2. The van der Waals surface area contributed by atoms with Crippen LogP contribution in [0.25, 0.3) is 0 Å². The average Bonchev–Trinajstić information content (AvgIpc) is 2.89. The average molecular weight is 317 g/mol. The van der Waals surface area contributed by atoms with Gasteiger partial charge in [0.25, 0.3) is 0 Å². The van der Waals surface area contributed by atoms with Crippen molar-refractivity contribution in [1.82, 2.24) is 5.43 Å². The number of hydrazone groups is 1. The molecule has 0 radical (unpaired) electrons. The molecule has 1 unspecified atom stereocenters. The molecule has 2 aromatic carbocycles. The lowest BCUT2D eigenvalue weighted by atomic mass is 9.98. The van der Waals surface area contributed by atoms with Gasteiger partial charge >= 0.3 is 0 Å². The lowest BCUT2D eigenvalue weighted by molar-refractivity contribution is 0.455. The number of nitrogens with zero attached hydrogens (tertiary/aromatic N) is 1. The van der Waals surface area contributed by atoms with Crippen LogP contribution in [0.15, 0.2) is 58.1 Å². The van der Waals surface area contributed by atoms with Gasteiger partial charge in [-0.1, -0.05) is 46.3 Å². The SMILES string of the molecule is Oc1ccccc1C1CC(c2cccc(Br)c2)=NN1. The van der Waals surface area contributed by atoms with Gasteiger partial charge < -0.3 is 10.5 Å². The van der Waals surface area contributed by atoms with Gasteiger partial charge in [-0.05, 0) is 23.8 Å². The third kappa shape index (κ3) is 2.49. The first-order chi connectivity index (χ1) is 9.24. The normalized spacial score (nSPS) is 17.9. The van der Waals surface area contributed by atoms with E-state index >= 15 is 0 Å². The third-order valence-electron chi connectivity index (χ3n) is 3.22. The highest BCUT2D eigenvalue weighted by atomic mass is 79.9. The van der Waals surface area contributed by atoms with E-state index in [1.54, 1.807) is 6.07 Å². The van der Waals surface area contributed by atoms with E-state index in [-0.39, 0.29) is 6.04 Å². The molecule has 0 spiro atoms. The largest absolute Gasteiger partial charge is 0.508 e. The summed E-state index contributed by atoms with van der Waals surface area (Å²) >= 11 is 3.47. The number of halogens is 1. The molecule has 0 aliphatic carbocycles. The quantitative estimate of drug-likeness (QED) is 0.889. The van der Waals surface area contributed by atoms with Crippen LogP contribution in [0.2, 0.25) is 0 Å². The summed E-state index contributed by atoms with van der Waals surface area (Å²) in [5, 5.41) is 14.3. The molecule has 1 aliphatic rings. The molecule has 2 aromatic rings. The Hall–Kier alpha value is -1.81. The molecule has 96 valence electrons. The first-order valence-electron chi connectivity index (χ1n) is 6.10. The van der Waals surface area contributed by atoms with E-state index in [0.717, 1.165) is 27.7 Å². The number of phenols is 1. The monoisotopic (exact) mass is 316 g/mol. The molecule has 3 nitrogen and oxygen atoms in total. The number of para-hydroxylation sites is 1. The van der Waals surface area contributed by atoms with Gasteiger partial charge in [0.2, 0.25) is 0 Å². The Bertz CT molecular complexity index is 640. The molecule has 0 aromatic heterocycles. The molecule has 0 saturated carbocycles. The second-order valence-corrected chi connectivity index (χ2v) is 5.43. The zero-order chi connectivity index (χ0) is 13.2. The summed E-state index contributed by atoms with van der Waals surface area (Å²) < 4.78 is 1.04. The minimum absolute atomic E-state index is 0.0372. The molecule has 1 heterocycles. The van der Waals surface area contributed by atoms with Crippen molar-refractivity contribution in [2.45, 2.75) is 12.5 Å². The molecule has 1 atom stereocenters. The van der Waals surface area contributed by atoms with Crippen LogP contribution < -0.4 is 5.43 Å². The highest BCUT2D eigenvalue weighted by molar-refractivity contribution is 9.10. The van der Waals surface area contributed by atoms with Gasteiger partial charge in [0.15, 0.2) is 0 Å². The number of nitrogens with one attached hydrogen (secondary N) is 1. The zero-order valence-corrected chi connectivity index (χ0v) is 11.8. The number of benzene rings is 2. The predicted octanol–water partition coefficient (Wildman–Crippen LogP) is 3.59. The van der Waals surface area contributed by atoms with Crippen molar-refractivity contribution in [3.8, 4) is 5.75 Å². The van der Waals surface area contributed by atoms with Crippen LogP contribution >= 0.6 is 15.9 Å². The summed E-state index contributed by atoms with van der Waals surface area (Å²) in [7, 11) is 0. The van der Waals surface area contributed by atoms with Gasteiger partial charge in [0, 0.05) is 16.5 Å². The highest BCUT2D eigenvalue weighted by Gasteiger charge is 2.23. The van der Waals surface area contributed by atoms with E-state index < -0.39 is 0 Å². The van der Waals surface area contributed by atoms with Crippen LogP contribution in [0, 0.1) is 0 Å². The second-order valence-electron chi connectivity index (χ2n) is 4.51. The maximum atomic E-state index is 9.87. The van der Waals surface area contributed by atoms with Crippen LogP contribution in [0.1, 0.15) is 23.6 Å². The Morgan fingerprint density at radius 1 is 1.16 bits per heavy atom. The number of hydrogen-bond donors (Lipinski definition) is 2. The summed E-state index contributed by atoms with van der Waals surface area (Å²) in [6.45, 7) is 0. The van der Waals surface area contributed by atoms with E-state index in [0.29, 0.717) is 5.75 Å². The molecule has 1 aliphatic heterocycles. The van der Waals surface area contributed by atoms with Gasteiger partial charge in [-0.25, -0.2) is 0 Å². The Balaban J connectivity index is 1.82. The molecule has 4 heteroatoms. The van der Waals surface area contributed by atoms with Crippen molar-refractivity contribution in [2.24, 2.45) is 5.10 Å². The first-order valence-corrected chi connectivity index (χ1v) is 6.89. The molecule has 2 N–H and O–H groups in total. The van der Waals surface area contributed by atoms with Crippen molar-refractivity contribution in [3.05, 3.63) is 64.1 Å². The fraction of sp³-hybridized carbons (Fsp3) is 0.133. The highest BCUT2D eigenvalue weighted by Crippen LogP contribution is 2.30.